The van der Waals surface area contributed by atoms with Gasteiger partial charge in [0, 0.05) is 6.42 Å². The molecule has 0 aliphatic rings. The zero-order valence-electron chi connectivity index (χ0n) is 17.1. The van der Waals surface area contributed by atoms with E-state index in [9.17, 15) is 4.79 Å². The van der Waals surface area contributed by atoms with Gasteiger partial charge in [-0.3, -0.25) is 4.79 Å². The van der Waals surface area contributed by atoms with E-state index in [1.165, 1.54) is 11.1 Å². The Kier molecular flexibility index (Phi) is 7.71. The highest BCUT2D eigenvalue weighted by molar-refractivity contribution is 5.76. The fourth-order valence-electron chi connectivity index (χ4n) is 2.94. The van der Waals surface area contributed by atoms with E-state index >= 15 is 0 Å². The summed E-state index contributed by atoms with van der Waals surface area (Å²) in [6.45, 7) is 11.3. The van der Waals surface area contributed by atoms with Gasteiger partial charge in [-0.25, -0.2) is 0 Å². The molecule has 0 saturated heterocycles. The Morgan fingerprint density at radius 1 is 0.963 bits per heavy atom. The fourth-order valence-corrected chi connectivity index (χ4v) is 2.94. The number of amides is 1. The molecule has 1 N–H and O–H groups in total. The molecular weight excluding hydrogens is 338 g/mol. The van der Waals surface area contributed by atoms with Crippen molar-refractivity contribution in [1.82, 2.24) is 5.32 Å². The maximum atomic E-state index is 12.4. The summed E-state index contributed by atoms with van der Waals surface area (Å²) in [7, 11) is 0. The van der Waals surface area contributed by atoms with Crippen LogP contribution in [0.5, 0.6) is 11.5 Å². The standard InChI is InChI=1S/C23H31NO3/c1-6-26-21-12-9-19(15-22(21)27-7-2)10-13-23(25)24-18(5)20-11-8-16(3)17(4)14-20/h8-9,11-12,14-15,18H,6-7,10,13H2,1-5H3,(H,24,25)/t18-/m1/s1. The molecule has 0 fully saturated rings. The van der Waals surface area contributed by atoms with Crippen molar-refractivity contribution in [1.29, 1.82) is 0 Å². The molecule has 0 unspecified atom stereocenters. The molecule has 0 spiro atoms. The molecule has 0 aliphatic carbocycles. The quantitative estimate of drug-likeness (QED) is 0.683. The van der Waals surface area contributed by atoms with Crippen LogP contribution in [0.4, 0.5) is 0 Å². The molecule has 0 aromatic heterocycles. The zero-order valence-corrected chi connectivity index (χ0v) is 17.1. The summed E-state index contributed by atoms with van der Waals surface area (Å²) in [5, 5.41) is 3.09. The van der Waals surface area contributed by atoms with Gasteiger partial charge in [0.15, 0.2) is 11.5 Å². The van der Waals surface area contributed by atoms with Crippen molar-refractivity contribution in [2.75, 3.05) is 13.2 Å². The highest BCUT2D eigenvalue weighted by Crippen LogP contribution is 2.29. The van der Waals surface area contributed by atoms with Crippen LogP contribution in [-0.4, -0.2) is 19.1 Å². The van der Waals surface area contributed by atoms with E-state index in [4.69, 9.17) is 9.47 Å². The van der Waals surface area contributed by atoms with Crippen LogP contribution in [0.15, 0.2) is 36.4 Å². The van der Waals surface area contributed by atoms with Crippen LogP contribution >= 0.6 is 0 Å². The highest BCUT2D eigenvalue weighted by Gasteiger charge is 2.12. The van der Waals surface area contributed by atoms with E-state index in [-0.39, 0.29) is 11.9 Å². The first-order chi connectivity index (χ1) is 12.9. The van der Waals surface area contributed by atoms with Crippen molar-refractivity contribution >= 4 is 5.91 Å². The van der Waals surface area contributed by atoms with Gasteiger partial charge in [-0.2, -0.15) is 0 Å². The second-order valence-electron chi connectivity index (χ2n) is 6.78. The number of nitrogens with one attached hydrogen (secondary N) is 1. The first kappa shape index (κ1) is 20.8. The molecule has 0 bridgehead atoms. The normalized spacial score (nSPS) is 11.7. The Morgan fingerprint density at radius 2 is 1.67 bits per heavy atom. The zero-order chi connectivity index (χ0) is 19.8. The maximum absolute atomic E-state index is 12.4. The van der Waals surface area contributed by atoms with E-state index in [0.717, 1.165) is 22.6 Å². The number of benzene rings is 2. The number of hydrogen-bond donors (Lipinski definition) is 1. The monoisotopic (exact) mass is 369 g/mol. The molecular formula is C23H31NO3. The Labute approximate surface area is 162 Å². The number of carbonyl (C=O) groups is 1. The Hall–Kier alpha value is -2.49. The Bertz CT molecular complexity index is 770. The molecule has 0 heterocycles. The highest BCUT2D eigenvalue weighted by atomic mass is 16.5. The van der Waals surface area contributed by atoms with E-state index in [2.05, 4.69) is 37.4 Å². The molecule has 1 amide bonds. The van der Waals surface area contributed by atoms with E-state index in [1.54, 1.807) is 0 Å². The maximum Gasteiger partial charge on any atom is 0.220 e. The van der Waals surface area contributed by atoms with Crippen LogP contribution in [0.25, 0.3) is 0 Å². The van der Waals surface area contributed by atoms with Crippen LogP contribution < -0.4 is 14.8 Å². The van der Waals surface area contributed by atoms with Crippen molar-refractivity contribution in [2.45, 2.75) is 53.5 Å². The summed E-state index contributed by atoms with van der Waals surface area (Å²) in [5.74, 6) is 1.53. The van der Waals surface area contributed by atoms with Gasteiger partial charge in [-0.15, -0.1) is 0 Å². The van der Waals surface area contributed by atoms with Crippen LogP contribution in [0.1, 0.15) is 55.5 Å². The van der Waals surface area contributed by atoms with E-state index in [0.29, 0.717) is 26.1 Å². The summed E-state index contributed by atoms with van der Waals surface area (Å²) in [6, 6.07) is 12.2. The minimum absolute atomic E-state index is 0.00360. The average molecular weight is 370 g/mol. The van der Waals surface area contributed by atoms with E-state index < -0.39 is 0 Å². The minimum Gasteiger partial charge on any atom is -0.490 e. The second-order valence-corrected chi connectivity index (χ2v) is 6.78. The molecule has 2 aromatic rings. The predicted molar refractivity (Wildman–Crippen MR) is 110 cm³/mol. The molecule has 0 radical (unpaired) electrons. The van der Waals surface area contributed by atoms with Gasteiger partial charge >= 0.3 is 0 Å². The van der Waals surface area contributed by atoms with Crippen molar-refractivity contribution < 1.29 is 14.3 Å². The summed E-state index contributed by atoms with van der Waals surface area (Å²) < 4.78 is 11.2. The summed E-state index contributed by atoms with van der Waals surface area (Å²) >= 11 is 0. The third-order valence-electron chi connectivity index (χ3n) is 4.66. The van der Waals surface area contributed by atoms with Crippen LogP contribution in [0.3, 0.4) is 0 Å². The lowest BCUT2D eigenvalue weighted by molar-refractivity contribution is -0.121. The molecule has 146 valence electrons. The third-order valence-corrected chi connectivity index (χ3v) is 4.66. The van der Waals surface area contributed by atoms with Gasteiger partial charge in [0.05, 0.1) is 19.3 Å². The lowest BCUT2D eigenvalue weighted by atomic mass is 10.0. The summed E-state index contributed by atoms with van der Waals surface area (Å²) in [4.78, 5) is 12.4. The number of hydrogen-bond acceptors (Lipinski definition) is 3. The Morgan fingerprint density at radius 3 is 2.33 bits per heavy atom. The minimum atomic E-state index is -0.00360. The molecule has 1 atom stereocenters. The molecule has 27 heavy (non-hydrogen) atoms. The summed E-state index contributed by atoms with van der Waals surface area (Å²) in [5.41, 5.74) is 4.70. The molecule has 4 heteroatoms. The molecule has 0 saturated carbocycles. The molecule has 0 aliphatic heterocycles. The van der Waals surface area contributed by atoms with Crippen molar-refractivity contribution in [3.05, 3.63) is 58.7 Å². The number of aryl methyl sites for hydroxylation is 3. The fraction of sp³-hybridized carbons (Fsp3) is 0.435. The van der Waals surface area contributed by atoms with Crippen LogP contribution in [-0.2, 0) is 11.2 Å². The average Bonchev–Trinajstić information content (AvgIpc) is 2.64. The smallest absolute Gasteiger partial charge is 0.220 e. The molecule has 2 rings (SSSR count). The van der Waals surface area contributed by atoms with Crippen molar-refractivity contribution in [3.63, 3.8) is 0 Å². The van der Waals surface area contributed by atoms with E-state index in [1.807, 2.05) is 39.0 Å². The van der Waals surface area contributed by atoms with Crippen LogP contribution in [0, 0.1) is 13.8 Å². The van der Waals surface area contributed by atoms with Gasteiger partial charge in [0.2, 0.25) is 5.91 Å². The van der Waals surface area contributed by atoms with Gasteiger partial charge in [0.1, 0.15) is 0 Å². The number of carbonyl (C=O) groups excluding carboxylic acids is 1. The first-order valence-corrected chi connectivity index (χ1v) is 9.69. The van der Waals surface area contributed by atoms with Gasteiger partial charge < -0.3 is 14.8 Å². The number of ether oxygens (including phenoxy) is 2. The van der Waals surface area contributed by atoms with Crippen molar-refractivity contribution in [2.24, 2.45) is 0 Å². The SMILES string of the molecule is CCOc1ccc(CCC(=O)N[C@H](C)c2ccc(C)c(C)c2)cc1OCC. The molecule has 4 nitrogen and oxygen atoms in total. The lowest BCUT2D eigenvalue weighted by Gasteiger charge is -2.16. The lowest BCUT2D eigenvalue weighted by Crippen LogP contribution is -2.26. The first-order valence-electron chi connectivity index (χ1n) is 9.69. The molecule has 2 aromatic carbocycles. The topological polar surface area (TPSA) is 47.6 Å². The summed E-state index contributed by atoms with van der Waals surface area (Å²) in [6.07, 6.45) is 1.10. The largest absolute Gasteiger partial charge is 0.490 e. The predicted octanol–water partition coefficient (Wildman–Crippen LogP) is 4.91. The van der Waals surface area contributed by atoms with Gasteiger partial charge in [-0.1, -0.05) is 24.3 Å². The second kappa shape index (κ2) is 10.0. The number of rotatable bonds is 9. The van der Waals surface area contributed by atoms with Gasteiger partial charge in [-0.05, 0) is 75.4 Å². The van der Waals surface area contributed by atoms with Gasteiger partial charge in [0.25, 0.3) is 0 Å². The van der Waals surface area contributed by atoms with Crippen molar-refractivity contribution in [3.8, 4) is 11.5 Å². The van der Waals surface area contributed by atoms with Crippen LogP contribution in [0.2, 0.25) is 0 Å². The Balaban J connectivity index is 1.94. The third kappa shape index (κ3) is 6.02.